The molecule has 144 valence electrons. The number of halogens is 1. The second kappa shape index (κ2) is 7.77. The molecular weight excluding hydrogens is 379 g/mol. The van der Waals surface area contributed by atoms with Crippen molar-refractivity contribution < 1.29 is 13.4 Å². The smallest absolute Gasteiger partial charge is 0.257 e. The van der Waals surface area contributed by atoms with Crippen LogP contribution in [0.3, 0.4) is 0 Å². The lowest BCUT2D eigenvalue weighted by atomic mass is 10.0. The fraction of sp³-hybridized carbons (Fsp3) is 0.100. The number of hydrogen-bond donors (Lipinski definition) is 3. The number of benzene rings is 2. The van der Waals surface area contributed by atoms with Crippen LogP contribution in [0.15, 0.2) is 60.8 Å². The van der Waals surface area contributed by atoms with Gasteiger partial charge in [-0.05, 0) is 47.5 Å². The molecule has 0 bridgehead atoms. The minimum atomic E-state index is -2.70. The largest absolute Gasteiger partial charge is 0.397 e. The Morgan fingerprint density at radius 2 is 1.82 bits per heavy atom. The maximum atomic E-state index is 13.1. The van der Waals surface area contributed by atoms with E-state index in [0.717, 1.165) is 11.1 Å². The Morgan fingerprint density at radius 1 is 1.14 bits per heavy atom. The minimum Gasteiger partial charge on any atom is -0.397 e. The summed E-state index contributed by atoms with van der Waals surface area (Å²) in [4.78, 5) is 16.6. The van der Waals surface area contributed by atoms with Crippen LogP contribution >= 0.6 is 0 Å². The zero-order chi connectivity index (χ0) is 20.3. The van der Waals surface area contributed by atoms with Gasteiger partial charge in [0.05, 0.1) is 28.4 Å². The fourth-order valence-electron chi connectivity index (χ4n) is 2.61. The predicted molar refractivity (Wildman–Crippen MR) is 109 cm³/mol. The van der Waals surface area contributed by atoms with E-state index in [1.54, 1.807) is 42.5 Å². The Hall–Kier alpha value is -3.26. The summed E-state index contributed by atoms with van der Waals surface area (Å²) in [5.41, 5.74) is 9.16. The predicted octanol–water partition coefficient (Wildman–Crippen LogP) is 3.90. The SMILES string of the molecule is CS(=N)(=O)Cc1ccc(C(=O)Nc2cc(-c3ccc(F)cc3)ccc2N)cn1. The first-order valence-corrected chi connectivity index (χ1v) is 10.5. The van der Waals surface area contributed by atoms with Crippen molar-refractivity contribution in [2.75, 3.05) is 17.3 Å². The number of rotatable bonds is 5. The van der Waals surface area contributed by atoms with E-state index in [-0.39, 0.29) is 11.6 Å². The van der Waals surface area contributed by atoms with E-state index in [1.807, 2.05) is 0 Å². The van der Waals surface area contributed by atoms with Crippen molar-refractivity contribution in [1.82, 2.24) is 4.98 Å². The first-order valence-electron chi connectivity index (χ1n) is 8.34. The van der Waals surface area contributed by atoms with Gasteiger partial charge in [0, 0.05) is 22.2 Å². The maximum absolute atomic E-state index is 13.1. The van der Waals surface area contributed by atoms with E-state index in [2.05, 4.69) is 10.3 Å². The quantitative estimate of drug-likeness (QED) is 0.566. The fourth-order valence-corrected chi connectivity index (χ4v) is 3.34. The first kappa shape index (κ1) is 19.5. The van der Waals surface area contributed by atoms with Crippen LogP contribution in [0.25, 0.3) is 11.1 Å². The number of hydrogen-bond acceptors (Lipinski definition) is 5. The van der Waals surface area contributed by atoms with Gasteiger partial charge in [-0.3, -0.25) is 14.6 Å². The van der Waals surface area contributed by atoms with E-state index >= 15 is 0 Å². The molecule has 1 atom stereocenters. The molecule has 28 heavy (non-hydrogen) atoms. The van der Waals surface area contributed by atoms with Gasteiger partial charge in [-0.2, -0.15) is 0 Å². The van der Waals surface area contributed by atoms with Gasteiger partial charge in [0.25, 0.3) is 5.91 Å². The normalized spacial score (nSPS) is 12.9. The van der Waals surface area contributed by atoms with E-state index in [0.29, 0.717) is 22.6 Å². The summed E-state index contributed by atoms with van der Waals surface area (Å²) in [7, 11) is -2.70. The van der Waals surface area contributed by atoms with Crippen LogP contribution in [-0.2, 0) is 15.5 Å². The van der Waals surface area contributed by atoms with Crippen LogP contribution in [0.5, 0.6) is 0 Å². The molecule has 0 aliphatic heterocycles. The number of carbonyl (C=O) groups excluding carboxylic acids is 1. The Balaban J connectivity index is 1.80. The molecule has 3 rings (SSSR count). The van der Waals surface area contributed by atoms with E-state index in [1.165, 1.54) is 24.6 Å². The van der Waals surface area contributed by atoms with Crippen molar-refractivity contribution in [2.24, 2.45) is 0 Å². The average molecular weight is 398 g/mol. The van der Waals surface area contributed by atoms with Gasteiger partial charge in [-0.25, -0.2) is 8.60 Å². The summed E-state index contributed by atoms with van der Waals surface area (Å²) in [5, 5.41) is 2.74. The van der Waals surface area contributed by atoms with Crippen LogP contribution in [0.4, 0.5) is 15.8 Å². The zero-order valence-corrected chi connectivity index (χ0v) is 15.9. The molecule has 2 aromatic carbocycles. The number of pyridine rings is 1. The number of nitrogens with one attached hydrogen (secondary N) is 2. The van der Waals surface area contributed by atoms with Gasteiger partial charge in [-0.15, -0.1) is 0 Å². The highest BCUT2D eigenvalue weighted by Gasteiger charge is 2.11. The summed E-state index contributed by atoms with van der Waals surface area (Å²) in [5.74, 6) is -0.695. The van der Waals surface area contributed by atoms with Gasteiger partial charge in [-0.1, -0.05) is 18.2 Å². The van der Waals surface area contributed by atoms with Crippen LogP contribution in [0.2, 0.25) is 0 Å². The summed E-state index contributed by atoms with van der Waals surface area (Å²) in [6, 6.07) is 14.3. The van der Waals surface area contributed by atoms with Gasteiger partial charge in [0.15, 0.2) is 0 Å². The lowest BCUT2D eigenvalue weighted by molar-refractivity contribution is 0.102. The highest BCUT2D eigenvalue weighted by atomic mass is 32.2. The number of nitrogens with two attached hydrogens (primary N) is 1. The molecule has 0 spiro atoms. The molecule has 1 aromatic heterocycles. The van der Waals surface area contributed by atoms with Crippen molar-refractivity contribution in [2.45, 2.75) is 5.75 Å². The third kappa shape index (κ3) is 4.92. The summed E-state index contributed by atoms with van der Waals surface area (Å²) < 4.78 is 32.1. The molecule has 3 aromatic rings. The van der Waals surface area contributed by atoms with Crippen LogP contribution in [0.1, 0.15) is 16.1 Å². The molecule has 6 nitrogen and oxygen atoms in total. The van der Waals surface area contributed by atoms with Crippen molar-refractivity contribution in [3.8, 4) is 11.1 Å². The average Bonchev–Trinajstić information content (AvgIpc) is 2.63. The second-order valence-electron chi connectivity index (χ2n) is 6.45. The topological polar surface area (TPSA) is 109 Å². The molecule has 0 aliphatic carbocycles. The minimum absolute atomic E-state index is 0.0293. The third-order valence-corrected chi connectivity index (χ3v) is 4.84. The Bertz CT molecular complexity index is 1110. The van der Waals surface area contributed by atoms with Gasteiger partial charge >= 0.3 is 0 Å². The number of amides is 1. The molecule has 0 fully saturated rings. The highest BCUT2D eigenvalue weighted by molar-refractivity contribution is 7.90. The zero-order valence-electron chi connectivity index (χ0n) is 15.1. The summed E-state index contributed by atoms with van der Waals surface area (Å²) in [6.07, 6.45) is 2.71. The molecule has 0 saturated carbocycles. The van der Waals surface area contributed by atoms with Crippen LogP contribution < -0.4 is 11.1 Å². The number of aromatic nitrogens is 1. The second-order valence-corrected chi connectivity index (χ2v) is 8.75. The van der Waals surface area contributed by atoms with Crippen molar-refractivity contribution in [3.05, 3.63) is 77.9 Å². The summed E-state index contributed by atoms with van der Waals surface area (Å²) >= 11 is 0. The van der Waals surface area contributed by atoms with Crippen molar-refractivity contribution in [1.29, 1.82) is 4.78 Å². The van der Waals surface area contributed by atoms with E-state index < -0.39 is 15.6 Å². The Kier molecular flexibility index (Phi) is 5.41. The number of nitrogen functional groups attached to an aromatic ring is 1. The number of carbonyl (C=O) groups is 1. The molecule has 1 amide bonds. The third-order valence-electron chi connectivity index (χ3n) is 3.99. The summed E-state index contributed by atoms with van der Waals surface area (Å²) in [6.45, 7) is 0. The monoisotopic (exact) mass is 398 g/mol. The van der Waals surface area contributed by atoms with Crippen molar-refractivity contribution >= 4 is 27.0 Å². The molecule has 0 aliphatic rings. The standard InChI is InChI=1S/C20H19FN4O2S/c1-28(23,27)12-17-8-4-15(11-24-17)20(26)25-19-10-14(5-9-18(19)22)13-2-6-16(21)7-3-13/h2-11,23H,12,22H2,1H3,(H,25,26). The molecule has 0 saturated heterocycles. The Labute approximate surface area is 162 Å². The number of nitrogens with zero attached hydrogens (tertiary/aromatic N) is 1. The molecular formula is C20H19FN4O2S. The first-order chi connectivity index (χ1) is 13.2. The van der Waals surface area contributed by atoms with Crippen molar-refractivity contribution in [3.63, 3.8) is 0 Å². The molecule has 0 radical (unpaired) electrons. The molecule has 1 unspecified atom stereocenters. The molecule has 4 N–H and O–H groups in total. The van der Waals surface area contributed by atoms with Gasteiger partial charge < -0.3 is 11.1 Å². The van der Waals surface area contributed by atoms with Gasteiger partial charge in [0.1, 0.15) is 5.82 Å². The lowest BCUT2D eigenvalue weighted by Crippen LogP contribution is -2.14. The lowest BCUT2D eigenvalue weighted by Gasteiger charge is -2.11. The maximum Gasteiger partial charge on any atom is 0.257 e. The van der Waals surface area contributed by atoms with E-state index in [9.17, 15) is 13.4 Å². The van der Waals surface area contributed by atoms with E-state index in [4.69, 9.17) is 10.5 Å². The highest BCUT2D eigenvalue weighted by Crippen LogP contribution is 2.27. The molecule has 8 heteroatoms. The number of anilines is 2. The van der Waals surface area contributed by atoms with Gasteiger partial charge in [0.2, 0.25) is 0 Å². The van der Waals surface area contributed by atoms with Crippen LogP contribution in [0, 0.1) is 10.6 Å². The van der Waals surface area contributed by atoms with Crippen LogP contribution in [-0.4, -0.2) is 21.4 Å². The Morgan fingerprint density at radius 3 is 2.43 bits per heavy atom. The molecule has 1 heterocycles.